The number of hydrogen-bond acceptors (Lipinski definition) is 8. The normalized spacial score (nSPS) is 18.0. The molecule has 5 heterocycles. The SMILES string of the molecule is C[C@H](C(=O)Nc1cccc2c(-c3ccnc(Nc4cnn(C5COC5)c4)n3)c[nH]c12)N1CCN(C)CC1. The number of aromatic amines is 1. The van der Waals surface area contributed by atoms with E-state index in [1.807, 2.05) is 48.3 Å². The maximum absolute atomic E-state index is 13.1. The molecule has 2 aliphatic heterocycles. The second kappa shape index (κ2) is 9.92. The summed E-state index contributed by atoms with van der Waals surface area (Å²) in [4.78, 5) is 30.0. The summed E-state index contributed by atoms with van der Waals surface area (Å²) in [7, 11) is 2.11. The Morgan fingerprint density at radius 2 is 2.03 bits per heavy atom. The molecule has 3 N–H and O–H groups in total. The number of anilines is 3. The summed E-state index contributed by atoms with van der Waals surface area (Å²) in [5.74, 6) is 0.484. The Balaban J connectivity index is 1.19. The van der Waals surface area contributed by atoms with E-state index in [-0.39, 0.29) is 18.0 Å². The van der Waals surface area contributed by atoms with Gasteiger partial charge in [-0.2, -0.15) is 5.10 Å². The highest BCUT2D eigenvalue weighted by molar-refractivity contribution is 6.06. The van der Waals surface area contributed by atoms with E-state index in [9.17, 15) is 4.79 Å². The number of fused-ring (bicyclic) bond motifs is 1. The predicted octanol–water partition coefficient (Wildman–Crippen LogP) is 2.71. The first kappa shape index (κ1) is 23.6. The molecular formula is C26H31N9O2. The number of benzene rings is 1. The van der Waals surface area contributed by atoms with E-state index in [0.717, 1.165) is 59.7 Å². The second-order valence-corrected chi connectivity index (χ2v) is 9.73. The van der Waals surface area contributed by atoms with Gasteiger partial charge < -0.3 is 25.3 Å². The Kier molecular flexibility index (Phi) is 6.33. The van der Waals surface area contributed by atoms with Gasteiger partial charge in [0.05, 0.1) is 54.1 Å². The Hall–Kier alpha value is -3.80. The Morgan fingerprint density at radius 3 is 2.81 bits per heavy atom. The molecule has 0 aliphatic carbocycles. The molecule has 6 rings (SSSR count). The summed E-state index contributed by atoms with van der Waals surface area (Å²) in [5.41, 5.74) is 4.16. The molecule has 2 saturated heterocycles. The minimum atomic E-state index is -0.199. The van der Waals surface area contributed by atoms with Gasteiger partial charge in [-0.05, 0) is 26.1 Å². The molecule has 4 aromatic rings. The van der Waals surface area contributed by atoms with Crippen molar-refractivity contribution < 1.29 is 9.53 Å². The Morgan fingerprint density at radius 1 is 1.19 bits per heavy atom. The van der Waals surface area contributed by atoms with Gasteiger partial charge in [-0.15, -0.1) is 0 Å². The van der Waals surface area contributed by atoms with Gasteiger partial charge in [0.25, 0.3) is 0 Å². The van der Waals surface area contributed by atoms with Gasteiger partial charge in [0.1, 0.15) is 0 Å². The summed E-state index contributed by atoms with van der Waals surface area (Å²) < 4.78 is 7.14. The molecule has 1 amide bonds. The highest BCUT2D eigenvalue weighted by Gasteiger charge is 2.25. The number of likely N-dealkylation sites (N-methyl/N-ethyl adjacent to an activating group) is 1. The summed E-state index contributed by atoms with van der Waals surface area (Å²) >= 11 is 0. The van der Waals surface area contributed by atoms with Gasteiger partial charge in [-0.1, -0.05) is 12.1 Å². The fourth-order valence-electron chi connectivity index (χ4n) is 4.76. The van der Waals surface area contributed by atoms with Crippen LogP contribution in [-0.2, 0) is 9.53 Å². The van der Waals surface area contributed by atoms with Crippen molar-refractivity contribution in [2.75, 3.05) is 57.1 Å². The lowest BCUT2D eigenvalue weighted by Gasteiger charge is -2.35. The number of carbonyl (C=O) groups is 1. The highest BCUT2D eigenvalue weighted by atomic mass is 16.5. The number of ether oxygens (including phenoxy) is 1. The molecule has 192 valence electrons. The van der Waals surface area contributed by atoms with Crippen molar-refractivity contribution in [3.8, 4) is 11.3 Å². The molecule has 0 saturated carbocycles. The standard InChI is InChI=1S/C26H31N9O2/c1-17(34-10-8-33(2)9-11-34)25(36)31-23-5-3-4-20-21(13-28-24(20)23)22-6-7-27-26(32-22)30-18-12-29-35(14-18)19-15-37-16-19/h3-7,12-14,17,19,28H,8-11,15-16H2,1-2H3,(H,31,36)(H,27,30,32)/t17-/m1/s1. The summed E-state index contributed by atoms with van der Waals surface area (Å²) in [6, 6.07) is 7.87. The van der Waals surface area contributed by atoms with Gasteiger partial charge in [0, 0.05) is 55.7 Å². The zero-order chi connectivity index (χ0) is 25.4. The van der Waals surface area contributed by atoms with Crippen molar-refractivity contribution in [2.24, 2.45) is 0 Å². The number of hydrogen-bond donors (Lipinski definition) is 3. The number of aromatic nitrogens is 5. The number of para-hydroxylation sites is 1. The minimum absolute atomic E-state index is 0.00395. The zero-order valence-electron chi connectivity index (χ0n) is 21.0. The van der Waals surface area contributed by atoms with Crippen LogP contribution in [0.15, 0.2) is 49.1 Å². The van der Waals surface area contributed by atoms with E-state index >= 15 is 0 Å². The number of piperazine rings is 1. The van der Waals surface area contributed by atoms with Crippen molar-refractivity contribution in [1.82, 2.24) is 34.5 Å². The van der Waals surface area contributed by atoms with E-state index in [2.05, 4.69) is 42.5 Å². The average molecular weight is 502 g/mol. The Labute approximate surface area is 214 Å². The van der Waals surface area contributed by atoms with Gasteiger partial charge in [0.2, 0.25) is 11.9 Å². The van der Waals surface area contributed by atoms with Crippen LogP contribution in [0.2, 0.25) is 0 Å². The first-order chi connectivity index (χ1) is 18.0. The fourth-order valence-corrected chi connectivity index (χ4v) is 4.76. The van der Waals surface area contributed by atoms with E-state index < -0.39 is 0 Å². The molecule has 2 fully saturated rings. The molecule has 1 aromatic carbocycles. The molecular weight excluding hydrogens is 470 g/mol. The molecule has 0 bridgehead atoms. The van der Waals surface area contributed by atoms with Crippen molar-refractivity contribution in [3.05, 3.63) is 49.1 Å². The second-order valence-electron chi connectivity index (χ2n) is 9.73. The first-order valence-corrected chi connectivity index (χ1v) is 12.6. The number of nitrogens with zero attached hydrogens (tertiary/aromatic N) is 6. The van der Waals surface area contributed by atoms with E-state index in [4.69, 9.17) is 9.72 Å². The predicted molar refractivity (Wildman–Crippen MR) is 142 cm³/mol. The van der Waals surface area contributed by atoms with Gasteiger partial charge in [-0.3, -0.25) is 14.4 Å². The third-order valence-electron chi connectivity index (χ3n) is 7.22. The fraction of sp³-hybridized carbons (Fsp3) is 0.385. The van der Waals surface area contributed by atoms with E-state index in [1.165, 1.54) is 0 Å². The van der Waals surface area contributed by atoms with Gasteiger partial charge >= 0.3 is 0 Å². The van der Waals surface area contributed by atoms with Crippen LogP contribution in [0.4, 0.5) is 17.3 Å². The molecule has 0 spiro atoms. The summed E-state index contributed by atoms with van der Waals surface area (Å²) in [5, 5.41) is 11.8. The van der Waals surface area contributed by atoms with Crippen molar-refractivity contribution in [1.29, 1.82) is 0 Å². The summed E-state index contributed by atoms with van der Waals surface area (Å²) in [6.07, 6.45) is 7.35. The van der Waals surface area contributed by atoms with E-state index in [1.54, 1.807) is 12.4 Å². The molecule has 37 heavy (non-hydrogen) atoms. The number of rotatable bonds is 7. The smallest absolute Gasteiger partial charge is 0.241 e. The van der Waals surface area contributed by atoms with Crippen LogP contribution in [-0.4, -0.2) is 92.9 Å². The zero-order valence-corrected chi connectivity index (χ0v) is 21.0. The number of nitrogens with one attached hydrogen (secondary N) is 3. The summed E-state index contributed by atoms with van der Waals surface area (Å²) in [6.45, 7) is 7.07. The third-order valence-corrected chi connectivity index (χ3v) is 7.22. The van der Waals surface area contributed by atoms with Crippen molar-refractivity contribution >= 4 is 34.1 Å². The first-order valence-electron chi connectivity index (χ1n) is 12.6. The van der Waals surface area contributed by atoms with Crippen LogP contribution in [0.3, 0.4) is 0 Å². The van der Waals surface area contributed by atoms with Gasteiger partial charge in [-0.25, -0.2) is 9.97 Å². The van der Waals surface area contributed by atoms with E-state index in [0.29, 0.717) is 19.2 Å². The Bertz CT molecular complexity index is 1400. The van der Waals surface area contributed by atoms with Crippen LogP contribution in [0.5, 0.6) is 0 Å². The molecule has 3 aromatic heterocycles. The van der Waals surface area contributed by atoms with Gasteiger partial charge in [0.15, 0.2) is 0 Å². The average Bonchev–Trinajstić information content (AvgIpc) is 3.51. The lowest BCUT2D eigenvalue weighted by atomic mass is 10.1. The molecule has 11 heteroatoms. The van der Waals surface area contributed by atoms with Crippen LogP contribution in [0, 0.1) is 0 Å². The quantitative estimate of drug-likeness (QED) is 0.354. The van der Waals surface area contributed by atoms with Crippen LogP contribution < -0.4 is 10.6 Å². The van der Waals surface area contributed by atoms with Crippen molar-refractivity contribution in [3.63, 3.8) is 0 Å². The molecule has 0 unspecified atom stereocenters. The maximum atomic E-state index is 13.1. The molecule has 1 atom stereocenters. The topological polar surface area (TPSA) is 116 Å². The van der Waals surface area contributed by atoms with Crippen molar-refractivity contribution in [2.45, 2.75) is 19.0 Å². The number of carbonyl (C=O) groups excluding carboxylic acids is 1. The number of H-pyrrole nitrogens is 1. The van der Waals surface area contributed by atoms with Crippen LogP contribution in [0.25, 0.3) is 22.2 Å². The third kappa shape index (κ3) is 4.80. The number of amides is 1. The molecule has 2 aliphatic rings. The monoisotopic (exact) mass is 501 g/mol. The van der Waals surface area contributed by atoms with Crippen LogP contribution >= 0.6 is 0 Å². The molecule has 0 radical (unpaired) electrons. The molecule has 11 nitrogen and oxygen atoms in total. The lowest BCUT2D eigenvalue weighted by molar-refractivity contribution is -0.121. The highest BCUT2D eigenvalue weighted by Crippen LogP contribution is 2.32. The van der Waals surface area contributed by atoms with Crippen LogP contribution in [0.1, 0.15) is 13.0 Å². The maximum Gasteiger partial charge on any atom is 0.241 e. The lowest BCUT2D eigenvalue weighted by Crippen LogP contribution is -2.51. The largest absolute Gasteiger partial charge is 0.377 e. The minimum Gasteiger partial charge on any atom is -0.377 e.